The lowest BCUT2D eigenvalue weighted by Crippen LogP contribution is -2.09. The van der Waals surface area contributed by atoms with Crippen LogP contribution in [0.25, 0.3) is 21.9 Å². The molecule has 32 heteroatoms. The summed E-state index contributed by atoms with van der Waals surface area (Å²) in [5.41, 5.74) is 1.49. The van der Waals surface area contributed by atoms with Crippen LogP contribution in [0.5, 0.6) is 0 Å². The maximum absolute atomic E-state index is 12.7. The van der Waals surface area contributed by atoms with Crippen LogP contribution < -0.4 is 26.6 Å². The molecule has 0 aliphatic carbocycles. The monoisotopic (exact) mass is 1210 g/mol. The Bertz CT molecular complexity index is 4660. The third-order valence-electron chi connectivity index (χ3n) is 11.7. The predicted octanol–water partition coefficient (Wildman–Crippen LogP) is 11.4. The zero-order valence-electron chi connectivity index (χ0n) is 42.5. The lowest BCUT2D eigenvalue weighted by Gasteiger charge is -2.16. The van der Waals surface area contributed by atoms with Gasteiger partial charge in [0.05, 0.1) is 21.0 Å². The molecule has 0 unspecified atom stereocenters. The van der Waals surface area contributed by atoms with E-state index in [9.17, 15) is 62.4 Å². The number of anilines is 9. The number of nitrogens with one attached hydrogen (secondary N) is 5. The number of hydrogen-bond donors (Lipinski definition) is 9. The maximum Gasteiger partial charge on any atom is 0.295 e. The van der Waals surface area contributed by atoms with Crippen molar-refractivity contribution in [3.05, 3.63) is 150 Å². The van der Waals surface area contributed by atoms with Crippen LogP contribution in [-0.4, -0.2) is 78.4 Å². The Labute approximate surface area is 476 Å². The number of nitriles is 2. The van der Waals surface area contributed by atoms with Gasteiger partial charge in [0.2, 0.25) is 17.8 Å². The standard InChI is InChI=1S/C51H39N15O12S5/c1-3-54-49-60-50(57-30-8-5-4-6-9-30)62-51(61-49)58-33-14-12-29(13-15-33)43-40(27-53)47(79-48(43)66-63-34-24-38-37(42(25-34)83(76,77)78)10-7-11-41(38)82(73,74)75)65-64-44-28(2)39(26-52)45(55-31-16-20-35(21-17-31)80(67,68)69)59-46(44)56-32-18-22-36(23-19-32)81(70,71)72/h4-25H,3H2,1-2H3,(H2,55,56,59)(H,67,68,69)(H,70,71,72)(H,73,74,75)(H,76,77,78)(H3,54,57,58,60,61,62)/b65-64?,66-63+. The third-order valence-corrected chi connectivity index (χ3v) is 16.2. The van der Waals surface area contributed by atoms with Gasteiger partial charge in [0, 0.05) is 51.2 Å². The first kappa shape index (κ1) is 57.9. The molecule has 0 saturated carbocycles. The Morgan fingerprint density at radius 1 is 0.506 bits per heavy atom. The van der Waals surface area contributed by atoms with Crippen molar-refractivity contribution in [3.63, 3.8) is 0 Å². The van der Waals surface area contributed by atoms with E-state index in [2.05, 4.69) is 79.1 Å². The summed E-state index contributed by atoms with van der Waals surface area (Å²) in [5.74, 6) is 0.434. The number of nitrogens with zero attached hydrogens (tertiary/aromatic N) is 10. The number of azo groups is 2. The molecule has 0 aliphatic heterocycles. The SMILES string of the molecule is CCNc1nc(Nc2ccccc2)nc(Nc2ccc(-c3c(/N=N/c4cc(S(=O)(=O)O)c5cccc(S(=O)(=O)O)c5c4)sc(N=Nc4c(Nc5ccc(S(=O)(=O)O)cc5)nc(Nc5ccc(S(=O)(=O)O)cc5)c(C#N)c4C)c3C#N)cc2)n1. The summed E-state index contributed by atoms with van der Waals surface area (Å²) < 4.78 is 137. The molecule has 0 atom stereocenters. The highest BCUT2D eigenvalue weighted by Crippen LogP contribution is 2.49. The molecule has 83 heavy (non-hydrogen) atoms. The van der Waals surface area contributed by atoms with E-state index in [1.54, 1.807) is 24.3 Å². The van der Waals surface area contributed by atoms with Crippen LogP contribution in [0, 0.1) is 29.6 Å². The first-order chi connectivity index (χ1) is 39.4. The second kappa shape index (κ2) is 23.4. The molecule has 3 heterocycles. The summed E-state index contributed by atoms with van der Waals surface area (Å²) in [4.78, 5) is 15.7. The first-order valence-corrected chi connectivity index (χ1v) is 30.2. The molecule has 9 aromatic rings. The van der Waals surface area contributed by atoms with Gasteiger partial charge in [0.1, 0.15) is 38.2 Å². The summed E-state index contributed by atoms with van der Waals surface area (Å²) in [6, 6.07) is 34.8. The molecule has 9 N–H and O–H groups in total. The summed E-state index contributed by atoms with van der Waals surface area (Å²) >= 11 is 0.755. The third kappa shape index (κ3) is 13.4. The van der Waals surface area contributed by atoms with Gasteiger partial charge in [-0.25, -0.2) is 4.98 Å². The first-order valence-electron chi connectivity index (χ1n) is 23.7. The van der Waals surface area contributed by atoms with Gasteiger partial charge in [-0.3, -0.25) is 18.2 Å². The van der Waals surface area contributed by atoms with Crippen molar-refractivity contribution in [3.8, 4) is 23.3 Å². The second-order valence-corrected chi connectivity index (χ2v) is 23.9. The van der Waals surface area contributed by atoms with Crippen LogP contribution in [0.2, 0.25) is 0 Å². The van der Waals surface area contributed by atoms with Crippen LogP contribution in [0.15, 0.2) is 173 Å². The summed E-state index contributed by atoms with van der Waals surface area (Å²) in [7, 11) is -19.2. The average molecular weight is 1210 g/mol. The van der Waals surface area contributed by atoms with Crippen molar-refractivity contribution in [1.29, 1.82) is 10.5 Å². The highest BCUT2D eigenvalue weighted by Gasteiger charge is 2.25. The molecule has 0 amide bonds. The van der Waals surface area contributed by atoms with E-state index in [0.29, 0.717) is 23.5 Å². The normalized spacial score (nSPS) is 12.0. The van der Waals surface area contributed by atoms with E-state index in [1.807, 2.05) is 37.3 Å². The van der Waals surface area contributed by atoms with Gasteiger partial charge in [-0.1, -0.05) is 53.8 Å². The molecule has 0 aliphatic rings. The van der Waals surface area contributed by atoms with Crippen LogP contribution in [-0.2, 0) is 40.5 Å². The van der Waals surface area contributed by atoms with Crippen LogP contribution in [0.3, 0.4) is 0 Å². The molecule has 0 spiro atoms. The fourth-order valence-corrected chi connectivity index (χ4v) is 11.3. The van der Waals surface area contributed by atoms with Crippen molar-refractivity contribution in [2.75, 3.05) is 33.1 Å². The molecule has 0 radical (unpaired) electrons. The number of thiophene rings is 1. The molecule has 0 fully saturated rings. The number of aromatic nitrogens is 4. The largest absolute Gasteiger partial charge is 0.354 e. The number of hydrogen-bond acceptors (Lipinski definition) is 24. The Balaban J connectivity index is 1.17. The summed E-state index contributed by atoms with van der Waals surface area (Å²) in [5, 5.41) is 53.5. The zero-order valence-corrected chi connectivity index (χ0v) is 46.6. The predicted molar refractivity (Wildman–Crippen MR) is 306 cm³/mol. The minimum Gasteiger partial charge on any atom is -0.354 e. The molecule has 3 aromatic heterocycles. The van der Waals surface area contributed by atoms with E-state index in [0.717, 1.165) is 59.9 Å². The number of rotatable bonds is 19. The number of para-hydroxylation sites is 1. The smallest absolute Gasteiger partial charge is 0.295 e. The van der Waals surface area contributed by atoms with Gasteiger partial charge in [0.15, 0.2) is 16.6 Å². The van der Waals surface area contributed by atoms with Crippen LogP contribution >= 0.6 is 11.3 Å². The van der Waals surface area contributed by atoms with Gasteiger partial charge in [-0.05, 0) is 110 Å². The topological polar surface area (TPSA) is 426 Å². The van der Waals surface area contributed by atoms with E-state index in [1.165, 1.54) is 37.3 Å². The highest BCUT2D eigenvalue weighted by atomic mass is 32.2. The van der Waals surface area contributed by atoms with Crippen molar-refractivity contribution in [1.82, 2.24) is 19.9 Å². The Morgan fingerprint density at radius 2 is 1.02 bits per heavy atom. The van der Waals surface area contributed by atoms with Crippen molar-refractivity contribution >= 4 is 136 Å². The molecule has 420 valence electrons. The second-order valence-electron chi connectivity index (χ2n) is 17.3. The van der Waals surface area contributed by atoms with E-state index >= 15 is 0 Å². The lowest BCUT2D eigenvalue weighted by atomic mass is 10.0. The maximum atomic E-state index is 12.7. The van der Waals surface area contributed by atoms with E-state index in [4.69, 9.17) is 0 Å². The van der Waals surface area contributed by atoms with Gasteiger partial charge < -0.3 is 26.6 Å². The molecule has 6 aromatic carbocycles. The average Bonchev–Trinajstić information content (AvgIpc) is 3.98. The van der Waals surface area contributed by atoms with Crippen LogP contribution in [0.1, 0.15) is 23.6 Å². The minimum atomic E-state index is -5.07. The van der Waals surface area contributed by atoms with E-state index < -0.39 is 60.1 Å². The molecule has 27 nitrogen and oxygen atoms in total. The summed E-state index contributed by atoms with van der Waals surface area (Å²) in [6.45, 7) is 3.86. The lowest BCUT2D eigenvalue weighted by molar-refractivity contribution is 0.481. The van der Waals surface area contributed by atoms with Gasteiger partial charge in [0.25, 0.3) is 40.5 Å². The molecular formula is C51H39N15O12S5. The number of pyridine rings is 1. The zero-order chi connectivity index (χ0) is 59.4. The number of benzene rings is 6. The molecular weight excluding hydrogens is 1170 g/mol. The number of fused-ring (bicyclic) bond motifs is 1. The Hall–Kier alpha value is -9.74. The summed E-state index contributed by atoms with van der Waals surface area (Å²) in [6.07, 6.45) is 0. The fourth-order valence-electron chi connectivity index (χ4n) is 7.97. The van der Waals surface area contributed by atoms with Gasteiger partial charge in [-0.2, -0.15) is 59.1 Å². The highest BCUT2D eigenvalue weighted by molar-refractivity contribution is 7.86. The fraction of sp³-hybridized carbons (Fsp3) is 0.0588. The Kier molecular flexibility index (Phi) is 16.3. The van der Waals surface area contributed by atoms with Crippen molar-refractivity contribution in [2.45, 2.75) is 33.4 Å². The van der Waals surface area contributed by atoms with Crippen LogP contribution in [0.4, 0.5) is 73.6 Å². The molecule has 0 saturated heterocycles. The van der Waals surface area contributed by atoms with E-state index in [-0.39, 0.29) is 95.3 Å². The molecule has 0 bridgehead atoms. The minimum absolute atomic E-state index is 0.0541. The van der Waals surface area contributed by atoms with Gasteiger partial charge in [-0.15, -0.1) is 20.5 Å². The van der Waals surface area contributed by atoms with Crippen molar-refractivity contribution in [2.24, 2.45) is 20.5 Å². The van der Waals surface area contributed by atoms with Crippen molar-refractivity contribution < 1.29 is 51.9 Å². The van der Waals surface area contributed by atoms with Gasteiger partial charge >= 0.3 is 0 Å². The Morgan fingerprint density at radius 3 is 1.57 bits per heavy atom. The molecule has 9 rings (SSSR count). The quantitative estimate of drug-likeness (QED) is 0.0268.